The molecule has 1 rings (SSSR count). The number of ether oxygens (including phenoxy) is 2. The quantitative estimate of drug-likeness (QED) is 0.235. The molecule has 8 heteroatoms. The van der Waals surface area contributed by atoms with Crippen molar-refractivity contribution in [2.75, 3.05) is 13.2 Å². The smallest absolute Gasteiger partial charge is 0.448 e. The predicted molar refractivity (Wildman–Crippen MR) is 69.6 cm³/mol. The lowest BCUT2D eigenvalue weighted by Crippen LogP contribution is -2.37. The standard InChI is InChI=1S/C13H17NO7/c1-2-11(15)20-7-8-21-13(17)10-6-4-3-5-9(10)12(16)14(18)19/h2,9-10H,1,3-8H2. The third kappa shape index (κ3) is 4.97. The van der Waals surface area contributed by atoms with Crippen LogP contribution in [0.15, 0.2) is 12.7 Å². The van der Waals surface area contributed by atoms with Crippen LogP contribution in [0.5, 0.6) is 0 Å². The van der Waals surface area contributed by atoms with E-state index in [0.29, 0.717) is 25.7 Å². The highest BCUT2D eigenvalue weighted by atomic mass is 16.6. The summed E-state index contributed by atoms with van der Waals surface area (Å²) in [7, 11) is 0. The zero-order chi connectivity index (χ0) is 15.8. The van der Waals surface area contributed by atoms with E-state index < -0.39 is 34.6 Å². The number of carbonyl (C=O) groups excluding carboxylic acids is 3. The number of nitro groups is 1. The van der Waals surface area contributed by atoms with Crippen molar-refractivity contribution >= 4 is 17.8 Å². The van der Waals surface area contributed by atoms with Gasteiger partial charge in [0.25, 0.3) is 0 Å². The molecule has 0 radical (unpaired) electrons. The van der Waals surface area contributed by atoms with Crippen LogP contribution in [0.2, 0.25) is 0 Å². The molecule has 1 fully saturated rings. The molecule has 1 aliphatic carbocycles. The van der Waals surface area contributed by atoms with Crippen LogP contribution in [-0.4, -0.2) is 36.0 Å². The summed E-state index contributed by atoms with van der Waals surface area (Å²) in [6, 6.07) is 0. The Morgan fingerprint density at radius 1 is 1.14 bits per heavy atom. The Labute approximate surface area is 121 Å². The van der Waals surface area contributed by atoms with Crippen molar-refractivity contribution < 1.29 is 28.8 Å². The molecule has 8 nitrogen and oxygen atoms in total. The minimum atomic E-state index is -1.14. The van der Waals surface area contributed by atoms with E-state index in [1.165, 1.54) is 0 Å². The normalized spacial score (nSPS) is 21.1. The number of carbonyl (C=O) groups is 3. The summed E-state index contributed by atoms with van der Waals surface area (Å²) in [6.45, 7) is 2.92. The van der Waals surface area contributed by atoms with E-state index in [-0.39, 0.29) is 13.2 Å². The van der Waals surface area contributed by atoms with Gasteiger partial charge < -0.3 is 9.47 Å². The number of rotatable bonds is 6. The van der Waals surface area contributed by atoms with Crippen molar-refractivity contribution in [1.29, 1.82) is 0 Å². The second-order valence-corrected chi connectivity index (χ2v) is 4.63. The predicted octanol–water partition coefficient (Wildman–Crippen LogP) is 0.868. The summed E-state index contributed by atoms with van der Waals surface area (Å²) < 4.78 is 9.54. The maximum Gasteiger partial charge on any atom is 0.448 e. The minimum absolute atomic E-state index is 0.128. The zero-order valence-corrected chi connectivity index (χ0v) is 11.5. The largest absolute Gasteiger partial charge is 0.462 e. The van der Waals surface area contributed by atoms with E-state index in [1.54, 1.807) is 0 Å². The first-order valence-corrected chi connectivity index (χ1v) is 6.61. The molecule has 0 aromatic rings. The van der Waals surface area contributed by atoms with Crippen LogP contribution in [0.1, 0.15) is 25.7 Å². The van der Waals surface area contributed by atoms with Crippen molar-refractivity contribution in [2.45, 2.75) is 25.7 Å². The third-order valence-corrected chi connectivity index (χ3v) is 3.30. The van der Waals surface area contributed by atoms with Gasteiger partial charge in [0.15, 0.2) is 0 Å². The number of hydrogen-bond donors (Lipinski definition) is 0. The van der Waals surface area contributed by atoms with Gasteiger partial charge in [0.05, 0.1) is 5.92 Å². The molecule has 1 amide bonds. The van der Waals surface area contributed by atoms with Crippen molar-refractivity contribution in [3.63, 3.8) is 0 Å². The van der Waals surface area contributed by atoms with Crippen LogP contribution >= 0.6 is 0 Å². The molecule has 116 valence electrons. The van der Waals surface area contributed by atoms with E-state index in [4.69, 9.17) is 4.74 Å². The van der Waals surface area contributed by atoms with Gasteiger partial charge in [-0.3, -0.25) is 14.9 Å². The molecular formula is C13H17NO7. The first-order valence-electron chi connectivity index (χ1n) is 6.61. The number of esters is 2. The lowest BCUT2D eigenvalue weighted by Gasteiger charge is -2.25. The molecule has 0 N–H and O–H groups in total. The minimum Gasteiger partial charge on any atom is -0.462 e. The summed E-state index contributed by atoms with van der Waals surface area (Å²) >= 11 is 0. The van der Waals surface area contributed by atoms with Gasteiger partial charge in [-0.2, -0.15) is 0 Å². The fraction of sp³-hybridized carbons (Fsp3) is 0.615. The van der Waals surface area contributed by atoms with Crippen molar-refractivity contribution in [3.05, 3.63) is 22.8 Å². The average Bonchev–Trinajstić information content (AvgIpc) is 2.50. The van der Waals surface area contributed by atoms with Gasteiger partial charge in [-0.1, -0.05) is 19.4 Å². The topological polar surface area (TPSA) is 113 Å². The molecule has 0 heterocycles. The second-order valence-electron chi connectivity index (χ2n) is 4.63. The van der Waals surface area contributed by atoms with Crippen LogP contribution in [0.25, 0.3) is 0 Å². The van der Waals surface area contributed by atoms with Crippen molar-refractivity contribution in [1.82, 2.24) is 0 Å². The van der Waals surface area contributed by atoms with Crippen molar-refractivity contribution in [3.8, 4) is 0 Å². The Kier molecular flexibility index (Phi) is 6.51. The highest BCUT2D eigenvalue weighted by molar-refractivity contribution is 5.82. The molecule has 0 aromatic carbocycles. The molecule has 0 aromatic heterocycles. The Hall–Kier alpha value is -2.25. The highest BCUT2D eigenvalue weighted by Crippen LogP contribution is 2.31. The second kappa shape index (κ2) is 8.13. The lowest BCUT2D eigenvalue weighted by atomic mass is 9.79. The van der Waals surface area contributed by atoms with Gasteiger partial charge in [0.2, 0.25) is 0 Å². The van der Waals surface area contributed by atoms with Gasteiger partial charge in [0.1, 0.15) is 24.1 Å². The van der Waals surface area contributed by atoms with Crippen LogP contribution in [-0.2, 0) is 23.9 Å². The molecule has 1 aliphatic rings. The van der Waals surface area contributed by atoms with E-state index in [0.717, 1.165) is 6.08 Å². The fourth-order valence-electron chi connectivity index (χ4n) is 2.29. The molecular weight excluding hydrogens is 282 g/mol. The third-order valence-electron chi connectivity index (χ3n) is 3.30. The highest BCUT2D eigenvalue weighted by Gasteiger charge is 2.42. The summed E-state index contributed by atoms with van der Waals surface area (Å²) in [5, 5.41) is 10.6. The monoisotopic (exact) mass is 299 g/mol. The first kappa shape index (κ1) is 16.8. The fourth-order valence-corrected chi connectivity index (χ4v) is 2.29. The Bertz CT molecular complexity index is 446. The molecule has 21 heavy (non-hydrogen) atoms. The Morgan fingerprint density at radius 2 is 1.71 bits per heavy atom. The SMILES string of the molecule is C=CC(=O)OCCOC(=O)C1CCCCC1C(=O)[N+](=O)[O-]. The number of hydrogen-bond acceptors (Lipinski definition) is 7. The van der Waals surface area contributed by atoms with E-state index in [9.17, 15) is 24.5 Å². The molecule has 0 aliphatic heterocycles. The average molecular weight is 299 g/mol. The van der Waals surface area contributed by atoms with Gasteiger partial charge in [-0.05, 0) is 12.8 Å². The van der Waals surface area contributed by atoms with E-state index in [2.05, 4.69) is 11.3 Å². The van der Waals surface area contributed by atoms with Crippen LogP contribution in [0, 0.1) is 22.0 Å². The lowest BCUT2D eigenvalue weighted by molar-refractivity contribution is -0.408. The Balaban J connectivity index is 2.49. The van der Waals surface area contributed by atoms with E-state index in [1.807, 2.05) is 0 Å². The Morgan fingerprint density at radius 3 is 2.29 bits per heavy atom. The van der Waals surface area contributed by atoms with Crippen molar-refractivity contribution in [2.24, 2.45) is 11.8 Å². The molecule has 2 unspecified atom stereocenters. The maximum absolute atomic E-state index is 11.9. The summed E-state index contributed by atoms with van der Waals surface area (Å²) in [5.74, 6) is -4.17. The van der Waals surface area contributed by atoms with Gasteiger partial charge in [0, 0.05) is 6.08 Å². The molecule has 1 saturated carbocycles. The molecule has 2 atom stereocenters. The van der Waals surface area contributed by atoms with Gasteiger partial charge in [-0.25, -0.2) is 9.59 Å². The van der Waals surface area contributed by atoms with Crippen LogP contribution < -0.4 is 0 Å². The molecule has 0 saturated heterocycles. The first-order chi connectivity index (χ1) is 9.97. The van der Waals surface area contributed by atoms with Gasteiger partial charge >= 0.3 is 17.8 Å². The van der Waals surface area contributed by atoms with Gasteiger partial charge in [-0.15, -0.1) is 0 Å². The summed E-state index contributed by atoms with van der Waals surface area (Å²) in [5.41, 5.74) is 0. The zero-order valence-electron chi connectivity index (χ0n) is 11.5. The summed E-state index contributed by atoms with van der Waals surface area (Å²) in [6.07, 6.45) is 3.06. The summed E-state index contributed by atoms with van der Waals surface area (Å²) in [4.78, 5) is 43.7. The number of nitrogens with zero attached hydrogens (tertiary/aromatic N) is 1. The molecule has 0 spiro atoms. The van der Waals surface area contributed by atoms with E-state index >= 15 is 0 Å². The van der Waals surface area contributed by atoms with Crippen LogP contribution in [0.4, 0.5) is 0 Å². The molecule has 0 bridgehead atoms. The van der Waals surface area contributed by atoms with Crippen LogP contribution in [0.3, 0.4) is 0 Å². The maximum atomic E-state index is 11.9. The number of amides is 1.